The van der Waals surface area contributed by atoms with Crippen molar-refractivity contribution >= 4 is 0 Å². The highest BCUT2D eigenvalue weighted by molar-refractivity contribution is 4.83. The lowest BCUT2D eigenvalue weighted by molar-refractivity contribution is -0.00408. The summed E-state index contributed by atoms with van der Waals surface area (Å²) in [6, 6.07) is 0.170. The third-order valence-electron chi connectivity index (χ3n) is 4.39. The SMILES string of the molecule is CCCCCCCCCCCCC(N)C(OC)C(C)(C)C. The van der Waals surface area contributed by atoms with Crippen LogP contribution in [0.3, 0.4) is 0 Å². The van der Waals surface area contributed by atoms with E-state index >= 15 is 0 Å². The molecule has 0 fully saturated rings. The molecule has 2 heteroatoms. The Labute approximate surface area is 134 Å². The highest BCUT2D eigenvalue weighted by atomic mass is 16.5. The van der Waals surface area contributed by atoms with Crippen molar-refractivity contribution in [2.45, 2.75) is 110 Å². The fraction of sp³-hybridized carbons (Fsp3) is 1.00. The Kier molecular flexibility index (Phi) is 12.4. The van der Waals surface area contributed by atoms with Gasteiger partial charge in [0.25, 0.3) is 0 Å². The number of hydrogen-bond acceptors (Lipinski definition) is 2. The summed E-state index contributed by atoms with van der Waals surface area (Å²) in [5.41, 5.74) is 6.43. The molecule has 0 radical (unpaired) electrons. The summed E-state index contributed by atoms with van der Waals surface area (Å²) in [5.74, 6) is 0. The largest absolute Gasteiger partial charge is 0.379 e. The molecule has 128 valence electrons. The van der Waals surface area contributed by atoms with Gasteiger partial charge < -0.3 is 10.5 Å². The second kappa shape index (κ2) is 12.5. The molecule has 0 rings (SSSR count). The van der Waals surface area contributed by atoms with Crippen LogP contribution in [0.5, 0.6) is 0 Å². The van der Waals surface area contributed by atoms with E-state index in [0.29, 0.717) is 0 Å². The number of ether oxygens (including phenoxy) is 1. The zero-order chi connectivity index (χ0) is 16.1. The van der Waals surface area contributed by atoms with Crippen molar-refractivity contribution in [2.75, 3.05) is 7.11 Å². The Morgan fingerprint density at radius 2 is 1.24 bits per heavy atom. The molecule has 0 aliphatic rings. The van der Waals surface area contributed by atoms with Crippen molar-refractivity contribution in [1.29, 1.82) is 0 Å². The van der Waals surface area contributed by atoms with Gasteiger partial charge in [-0.3, -0.25) is 0 Å². The van der Waals surface area contributed by atoms with Gasteiger partial charge in [-0.2, -0.15) is 0 Å². The molecule has 0 aromatic carbocycles. The third-order valence-corrected chi connectivity index (χ3v) is 4.39. The van der Waals surface area contributed by atoms with Gasteiger partial charge >= 0.3 is 0 Å². The van der Waals surface area contributed by atoms with Crippen LogP contribution >= 0.6 is 0 Å². The first-order valence-electron chi connectivity index (χ1n) is 9.21. The highest BCUT2D eigenvalue weighted by Crippen LogP contribution is 2.25. The average molecular weight is 300 g/mol. The van der Waals surface area contributed by atoms with Gasteiger partial charge in [0, 0.05) is 13.2 Å². The molecular formula is C19H41NO. The van der Waals surface area contributed by atoms with Crippen LogP contribution in [0, 0.1) is 5.41 Å². The molecule has 0 saturated carbocycles. The van der Waals surface area contributed by atoms with Crippen molar-refractivity contribution in [3.05, 3.63) is 0 Å². The maximum Gasteiger partial charge on any atom is 0.0770 e. The second-order valence-electron chi connectivity index (χ2n) is 7.66. The van der Waals surface area contributed by atoms with Gasteiger partial charge in [-0.25, -0.2) is 0 Å². The van der Waals surface area contributed by atoms with Gasteiger partial charge in [0.1, 0.15) is 0 Å². The van der Waals surface area contributed by atoms with E-state index in [2.05, 4.69) is 27.7 Å². The molecule has 2 atom stereocenters. The normalized spacial score (nSPS) is 15.1. The van der Waals surface area contributed by atoms with Crippen molar-refractivity contribution in [1.82, 2.24) is 0 Å². The van der Waals surface area contributed by atoms with Crippen LogP contribution in [-0.2, 0) is 4.74 Å². The molecule has 0 saturated heterocycles. The Hall–Kier alpha value is -0.0800. The standard InChI is InChI=1S/C19H41NO/c1-6-7-8-9-10-11-12-13-14-15-16-17(20)18(21-5)19(2,3)4/h17-18H,6-16,20H2,1-5H3. The maximum atomic E-state index is 6.30. The van der Waals surface area contributed by atoms with Gasteiger partial charge in [0.15, 0.2) is 0 Å². The van der Waals surface area contributed by atoms with Crippen molar-refractivity contribution < 1.29 is 4.74 Å². The minimum absolute atomic E-state index is 0.132. The predicted molar refractivity (Wildman–Crippen MR) is 94.7 cm³/mol. The third kappa shape index (κ3) is 11.2. The molecule has 0 aromatic heterocycles. The van der Waals surface area contributed by atoms with E-state index in [0.717, 1.165) is 6.42 Å². The molecule has 0 bridgehead atoms. The van der Waals surface area contributed by atoms with Gasteiger partial charge in [-0.05, 0) is 11.8 Å². The predicted octanol–water partition coefficient (Wildman–Crippen LogP) is 5.69. The topological polar surface area (TPSA) is 35.2 Å². The molecule has 0 aromatic rings. The van der Waals surface area contributed by atoms with E-state index in [1.165, 1.54) is 64.2 Å². The summed E-state index contributed by atoms with van der Waals surface area (Å²) in [4.78, 5) is 0. The van der Waals surface area contributed by atoms with E-state index < -0.39 is 0 Å². The Morgan fingerprint density at radius 1 is 0.810 bits per heavy atom. The number of rotatable bonds is 13. The van der Waals surface area contributed by atoms with E-state index in [1.807, 2.05) is 0 Å². The summed E-state index contributed by atoms with van der Waals surface area (Å²) in [6.45, 7) is 8.90. The summed E-state index contributed by atoms with van der Waals surface area (Å²) >= 11 is 0. The molecule has 0 amide bonds. The van der Waals surface area contributed by atoms with Gasteiger partial charge in [-0.1, -0.05) is 91.9 Å². The Balaban J connectivity index is 3.50. The van der Waals surface area contributed by atoms with E-state index in [4.69, 9.17) is 10.5 Å². The number of methoxy groups -OCH3 is 1. The first-order chi connectivity index (χ1) is 9.93. The lowest BCUT2D eigenvalue weighted by Gasteiger charge is -2.34. The molecular weight excluding hydrogens is 258 g/mol. The van der Waals surface area contributed by atoms with E-state index in [-0.39, 0.29) is 17.6 Å². The number of nitrogens with two attached hydrogens (primary N) is 1. The summed E-state index contributed by atoms with van der Waals surface area (Å²) in [5, 5.41) is 0. The van der Waals surface area contributed by atoms with Gasteiger partial charge in [0.2, 0.25) is 0 Å². The fourth-order valence-electron chi connectivity index (χ4n) is 3.19. The molecule has 0 aliphatic carbocycles. The molecule has 0 spiro atoms. The van der Waals surface area contributed by atoms with Crippen LogP contribution < -0.4 is 5.73 Å². The molecule has 2 N–H and O–H groups in total. The van der Waals surface area contributed by atoms with Crippen LogP contribution in [-0.4, -0.2) is 19.3 Å². The molecule has 2 unspecified atom stereocenters. The van der Waals surface area contributed by atoms with Crippen LogP contribution in [0.1, 0.15) is 98.3 Å². The Morgan fingerprint density at radius 3 is 1.62 bits per heavy atom. The van der Waals surface area contributed by atoms with Crippen molar-refractivity contribution in [3.63, 3.8) is 0 Å². The molecule has 21 heavy (non-hydrogen) atoms. The zero-order valence-electron chi connectivity index (χ0n) is 15.4. The molecule has 0 heterocycles. The fourth-order valence-corrected chi connectivity index (χ4v) is 3.19. The average Bonchev–Trinajstić information content (AvgIpc) is 2.40. The van der Waals surface area contributed by atoms with E-state index in [9.17, 15) is 0 Å². The molecule has 2 nitrogen and oxygen atoms in total. The van der Waals surface area contributed by atoms with Crippen molar-refractivity contribution in [2.24, 2.45) is 11.1 Å². The minimum atomic E-state index is 0.132. The maximum absolute atomic E-state index is 6.30. The van der Waals surface area contributed by atoms with Crippen LogP contribution in [0.4, 0.5) is 0 Å². The molecule has 0 aliphatic heterocycles. The van der Waals surface area contributed by atoms with E-state index in [1.54, 1.807) is 7.11 Å². The number of hydrogen-bond donors (Lipinski definition) is 1. The Bertz CT molecular complexity index is 222. The summed E-state index contributed by atoms with van der Waals surface area (Å²) < 4.78 is 5.59. The quantitative estimate of drug-likeness (QED) is 0.444. The van der Waals surface area contributed by atoms with Gasteiger partial charge in [0.05, 0.1) is 6.10 Å². The minimum Gasteiger partial charge on any atom is -0.379 e. The smallest absolute Gasteiger partial charge is 0.0770 e. The monoisotopic (exact) mass is 299 g/mol. The number of unbranched alkanes of at least 4 members (excludes halogenated alkanes) is 9. The first-order valence-corrected chi connectivity index (χ1v) is 9.21. The lowest BCUT2D eigenvalue weighted by Crippen LogP contribution is -2.44. The van der Waals surface area contributed by atoms with Crippen molar-refractivity contribution in [3.8, 4) is 0 Å². The summed E-state index contributed by atoms with van der Waals surface area (Å²) in [7, 11) is 1.79. The van der Waals surface area contributed by atoms with Crippen LogP contribution in [0.2, 0.25) is 0 Å². The zero-order valence-corrected chi connectivity index (χ0v) is 15.4. The van der Waals surface area contributed by atoms with Crippen LogP contribution in [0.25, 0.3) is 0 Å². The summed E-state index contributed by atoms with van der Waals surface area (Å²) in [6.07, 6.45) is 15.0. The van der Waals surface area contributed by atoms with Gasteiger partial charge in [-0.15, -0.1) is 0 Å². The highest BCUT2D eigenvalue weighted by Gasteiger charge is 2.29. The lowest BCUT2D eigenvalue weighted by atomic mass is 9.83. The first kappa shape index (κ1) is 20.9. The second-order valence-corrected chi connectivity index (χ2v) is 7.66. The van der Waals surface area contributed by atoms with Crippen LogP contribution in [0.15, 0.2) is 0 Å².